The lowest BCUT2D eigenvalue weighted by atomic mass is 10.2. The molecule has 11 nitrogen and oxygen atoms in total. The minimum absolute atomic E-state index is 0.0185. The van der Waals surface area contributed by atoms with Crippen molar-refractivity contribution >= 4 is 17.5 Å². The summed E-state index contributed by atoms with van der Waals surface area (Å²) >= 11 is 0. The first-order chi connectivity index (χ1) is 13.0. The third-order valence-electron chi connectivity index (χ3n) is 3.48. The van der Waals surface area contributed by atoms with Crippen molar-refractivity contribution in [2.75, 3.05) is 12.4 Å². The van der Waals surface area contributed by atoms with Crippen LogP contribution in [0.15, 0.2) is 36.8 Å². The van der Waals surface area contributed by atoms with Crippen molar-refractivity contribution in [1.82, 2.24) is 24.5 Å². The Morgan fingerprint density at radius 1 is 1.33 bits per heavy atom. The van der Waals surface area contributed by atoms with Crippen molar-refractivity contribution in [3.63, 3.8) is 0 Å². The monoisotopic (exact) mass is 375 g/mol. The normalized spacial score (nSPS) is 10.6. The molecule has 3 rings (SSSR count). The maximum atomic E-state index is 13.7. The van der Waals surface area contributed by atoms with Crippen LogP contribution in [0.25, 0.3) is 0 Å². The number of hydrogen-bond acceptors (Lipinski definition) is 7. The van der Waals surface area contributed by atoms with E-state index in [1.54, 1.807) is 18.2 Å². The average Bonchev–Trinajstić information content (AvgIpc) is 3.23. The Morgan fingerprint density at radius 3 is 2.78 bits per heavy atom. The number of methoxy groups -OCH3 is 1. The molecule has 1 aromatic carbocycles. The van der Waals surface area contributed by atoms with Crippen molar-refractivity contribution in [2.45, 2.75) is 13.1 Å². The van der Waals surface area contributed by atoms with Gasteiger partial charge in [0.15, 0.2) is 0 Å². The molecule has 0 atom stereocenters. The number of amides is 1. The van der Waals surface area contributed by atoms with E-state index < -0.39 is 10.8 Å². The Hall–Kier alpha value is -3.83. The fourth-order valence-corrected chi connectivity index (χ4v) is 2.29. The van der Waals surface area contributed by atoms with Crippen LogP contribution < -0.4 is 10.1 Å². The molecule has 0 aliphatic heterocycles. The molecule has 0 saturated carbocycles. The predicted octanol–water partition coefficient (Wildman–Crippen LogP) is 1.22. The molecule has 1 amide bonds. The van der Waals surface area contributed by atoms with Gasteiger partial charge in [-0.1, -0.05) is 18.2 Å². The third kappa shape index (κ3) is 4.23. The summed E-state index contributed by atoms with van der Waals surface area (Å²) in [5.41, 5.74) is 0.0776. The van der Waals surface area contributed by atoms with Gasteiger partial charge in [-0.3, -0.25) is 24.9 Å². The van der Waals surface area contributed by atoms with Crippen LogP contribution in [0.3, 0.4) is 0 Å². The highest BCUT2D eigenvalue weighted by atomic mass is 19.1. The summed E-state index contributed by atoms with van der Waals surface area (Å²) in [6.07, 6.45) is 2.44. The highest BCUT2D eigenvalue weighted by molar-refractivity contribution is 5.88. The first-order valence-electron chi connectivity index (χ1n) is 7.65. The number of carbonyl (C=O) groups is 1. The van der Waals surface area contributed by atoms with Gasteiger partial charge in [0, 0.05) is 5.56 Å². The quantitative estimate of drug-likeness (QED) is 0.485. The molecule has 2 heterocycles. The Kier molecular flexibility index (Phi) is 5.06. The van der Waals surface area contributed by atoms with E-state index in [1.807, 2.05) is 0 Å². The van der Waals surface area contributed by atoms with Crippen molar-refractivity contribution < 1.29 is 18.8 Å². The average molecular weight is 375 g/mol. The number of nitrogens with zero attached hydrogens (tertiary/aromatic N) is 6. The number of aromatic nitrogens is 5. The van der Waals surface area contributed by atoms with Crippen LogP contribution in [-0.2, 0) is 17.9 Å². The molecule has 0 radical (unpaired) electrons. The van der Waals surface area contributed by atoms with Gasteiger partial charge in [-0.25, -0.2) is 14.1 Å². The second kappa shape index (κ2) is 7.59. The van der Waals surface area contributed by atoms with Crippen LogP contribution in [0, 0.1) is 15.9 Å². The molecule has 0 unspecified atom stereocenters. The van der Waals surface area contributed by atoms with Crippen molar-refractivity contribution in [3.05, 3.63) is 58.3 Å². The summed E-state index contributed by atoms with van der Waals surface area (Å²) in [5, 5.41) is 21.2. The molecule has 1 N–H and O–H groups in total. The zero-order valence-corrected chi connectivity index (χ0v) is 14.1. The molecule has 0 spiro atoms. The fourth-order valence-electron chi connectivity index (χ4n) is 2.29. The lowest BCUT2D eigenvalue weighted by Crippen LogP contribution is -2.20. The van der Waals surface area contributed by atoms with E-state index in [1.165, 1.54) is 24.2 Å². The summed E-state index contributed by atoms with van der Waals surface area (Å²) in [7, 11) is 1.24. The highest BCUT2D eigenvalue weighted by Gasteiger charge is 2.21. The molecule has 3 aromatic rings. The van der Waals surface area contributed by atoms with Crippen LogP contribution >= 0.6 is 0 Å². The standard InChI is InChI=1S/C15H14FN7O4/c1-27-14-12(23(25)26)7-21(19-14)8-13(24)18-15-17-9-22(20-15)6-10-4-2-3-5-11(10)16/h2-5,7,9H,6,8H2,1H3,(H,18,20,24). The Morgan fingerprint density at radius 2 is 2.11 bits per heavy atom. The molecular weight excluding hydrogens is 361 g/mol. The summed E-state index contributed by atoms with van der Waals surface area (Å²) < 4.78 is 20.9. The zero-order chi connectivity index (χ0) is 19.4. The lowest BCUT2D eigenvalue weighted by Gasteiger charge is -2.03. The molecule has 0 fully saturated rings. The van der Waals surface area contributed by atoms with E-state index in [0.29, 0.717) is 5.56 Å². The third-order valence-corrected chi connectivity index (χ3v) is 3.48. The van der Waals surface area contributed by atoms with Gasteiger partial charge in [0.1, 0.15) is 24.9 Å². The molecule has 12 heteroatoms. The smallest absolute Gasteiger partial charge is 0.350 e. The number of nitrogens with one attached hydrogen (secondary N) is 1. The maximum Gasteiger partial charge on any atom is 0.350 e. The number of carbonyl (C=O) groups excluding carboxylic acids is 1. The van der Waals surface area contributed by atoms with E-state index in [9.17, 15) is 19.3 Å². The van der Waals surface area contributed by atoms with Crippen LogP contribution in [0.1, 0.15) is 5.56 Å². The minimum Gasteiger partial charge on any atom is -0.475 e. The number of anilines is 1. The van der Waals surface area contributed by atoms with Crippen LogP contribution in [0.2, 0.25) is 0 Å². The summed E-state index contributed by atoms with van der Waals surface area (Å²) in [6.45, 7) is -0.149. The maximum absolute atomic E-state index is 13.7. The van der Waals surface area contributed by atoms with E-state index in [0.717, 1.165) is 10.9 Å². The van der Waals surface area contributed by atoms with Crippen LogP contribution in [0.5, 0.6) is 5.88 Å². The first-order valence-corrected chi connectivity index (χ1v) is 7.65. The molecule has 0 saturated heterocycles. The first kappa shape index (κ1) is 18.0. The number of benzene rings is 1. The van der Waals surface area contributed by atoms with Gasteiger partial charge in [0.25, 0.3) is 0 Å². The van der Waals surface area contributed by atoms with Gasteiger partial charge in [0.2, 0.25) is 11.9 Å². The predicted molar refractivity (Wildman–Crippen MR) is 89.6 cm³/mol. The molecular formula is C15H14FN7O4. The minimum atomic E-state index is -0.661. The molecule has 27 heavy (non-hydrogen) atoms. The van der Waals surface area contributed by atoms with E-state index in [4.69, 9.17) is 4.74 Å². The van der Waals surface area contributed by atoms with Gasteiger partial charge in [-0.05, 0) is 6.07 Å². The molecule has 0 aliphatic rings. The van der Waals surface area contributed by atoms with Crippen molar-refractivity contribution in [2.24, 2.45) is 0 Å². The van der Waals surface area contributed by atoms with Gasteiger partial charge < -0.3 is 4.74 Å². The molecule has 140 valence electrons. The molecule has 2 aromatic heterocycles. The van der Waals surface area contributed by atoms with Crippen molar-refractivity contribution in [3.8, 4) is 5.88 Å². The van der Waals surface area contributed by atoms with E-state index >= 15 is 0 Å². The second-order valence-corrected chi connectivity index (χ2v) is 5.38. The lowest BCUT2D eigenvalue weighted by molar-refractivity contribution is -0.385. The Balaban J connectivity index is 1.63. The summed E-state index contributed by atoms with van der Waals surface area (Å²) in [6, 6.07) is 6.25. The summed E-state index contributed by atoms with van der Waals surface area (Å²) in [5.74, 6) is -1.09. The van der Waals surface area contributed by atoms with E-state index in [-0.39, 0.29) is 36.4 Å². The number of hydrogen-bond donors (Lipinski definition) is 1. The number of rotatable bonds is 7. The van der Waals surface area contributed by atoms with Crippen molar-refractivity contribution in [1.29, 1.82) is 0 Å². The van der Waals surface area contributed by atoms with Crippen LogP contribution in [-0.4, -0.2) is 42.5 Å². The molecule has 0 aliphatic carbocycles. The zero-order valence-electron chi connectivity index (χ0n) is 14.1. The SMILES string of the molecule is COc1nn(CC(=O)Nc2ncn(Cc3ccccc3F)n2)cc1[N+](=O)[O-]. The van der Waals surface area contributed by atoms with E-state index in [2.05, 4.69) is 20.5 Å². The second-order valence-electron chi connectivity index (χ2n) is 5.38. The Labute approximate surface area is 151 Å². The van der Waals surface area contributed by atoms with Gasteiger partial charge in [0.05, 0.1) is 18.6 Å². The Bertz CT molecular complexity index is 984. The fraction of sp³-hybridized carbons (Fsp3) is 0.200. The summed E-state index contributed by atoms with van der Waals surface area (Å²) in [4.78, 5) is 26.2. The van der Waals surface area contributed by atoms with Gasteiger partial charge >= 0.3 is 11.6 Å². The topological polar surface area (TPSA) is 130 Å². The van der Waals surface area contributed by atoms with Crippen LogP contribution in [0.4, 0.5) is 16.0 Å². The number of halogens is 1. The van der Waals surface area contributed by atoms with Gasteiger partial charge in [-0.15, -0.1) is 10.2 Å². The van der Waals surface area contributed by atoms with Gasteiger partial charge in [-0.2, -0.15) is 0 Å². The number of ether oxygens (including phenoxy) is 1. The number of nitro groups is 1. The molecule has 0 bridgehead atoms. The highest BCUT2D eigenvalue weighted by Crippen LogP contribution is 2.23. The largest absolute Gasteiger partial charge is 0.475 e.